The van der Waals surface area contributed by atoms with Crippen molar-refractivity contribution in [3.8, 4) is 0 Å². The minimum Gasteiger partial charge on any atom is -0.272 e. The predicted molar refractivity (Wildman–Crippen MR) is 58.0 cm³/mol. The Kier molecular flexibility index (Phi) is 4.53. The number of hydrogen-bond donors (Lipinski definition) is 2. The Morgan fingerprint density at radius 1 is 1.53 bits per heavy atom. The van der Waals surface area contributed by atoms with Crippen molar-refractivity contribution in [1.29, 1.82) is 0 Å². The first-order chi connectivity index (χ1) is 7.81. The molecule has 0 aliphatic carbocycles. The maximum absolute atomic E-state index is 12.1. The van der Waals surface area contributed by atoms with Gasteiger partial charge in [0.1, 0.15) is 0 Å². The molecule has 0 amide bonds. The summed E-state index contributed by atoms with van der Waals surface area (Å²) in [4.78, 5) is 0. The molecule has 0 saturated heterocycles. The number of alkyl halides is 3. The highest BCUT2D eigenvalue weighted by molar-refractivity contribution is 5.09. The normalized spacial score (nSPS) is 14.0. The minimum absolute atomic E-state index is 0.0375. The molecule has 1 heterocycles. The highest BCUT2D eigenvalue weighted by atomic mass is 19.4. The van der Waals surface area contributed by atoms with Crippen LogP contribution < -0.4 is 11.3 Å². The van der Waals surface area contributed by atoms with Gasteiger partial charge in [0.05, 0.1) is 5.69 Å². The summed E-state index contributed by atoms with van der Waals surface area (Å²) in [6, 6.07) is 1.45. The molecule has 1 unspecified atom stereocenters. The van der Waals surface area contributed by atoms with Crippen molar-refractivity contribution in [2.45, 2.75) is 38.4 Å². The first kappa shape index (κ1) is 14.0. The number of nitrogens with one attached hydrogen (secondary N) is 1. The smallest absolute Gasteiger partial charge is 0.272 e. The highest BCUT2D eigenvalue weighted by Gasteiger charge is 2.28. The molecule has 0 aliphatic rings. The van der Waals surface area contributed by atoms with Gasteiger partial charge in [0.15, 0.2) is 0 Å². The van der Waals surface area contributed by atoms with E-state index in [-0.39, 0.29) is 6.42 Å². The van der Waals surface area contributed by atoms with E-state index >= 15 is 0 Å². The van der Waals surface area contributed by atoms with Crippen LogP contribution in [0.4, 0.5) is 13.2 Å². The summed E-state index contributed by atoms with van der Waals surface area (Å²) >= 11 is 0. The third kappa shape index (κ3) is 4.74. The lowest BCUT2D eigenvalue weighted by atomic mass is 10.1. The Morgan fingerprint density at radius 2 is 2.18 bits per heavy atom. The number of hydrogen-bond acceptors (Lipinski definition) is 3. The second-order valence-corrected chi connectivity index (χ2v) is 4.12. The fourth-order valence-electron chi connectivity index (χ4n) is 1.69. The summed E-state index contributed by atoms with van der Waals surface area (Å²) in [5.74, 6) is 5.26. The van der Waals surface area contributed by atoms with Gasteiger partial charge in [-0.3, -0.25) is 16.0 Å². The fourth-order valence-corrected chi connectivity index (χ4v) is 1.69. The molecule has 0 radical (unpaired) electrons. The van der Waals surface area contributed by atoms with Gasteiger partial charge in [-0.1, -0.05) is 0 Å². The summed E-state index contributed by atoms with van der Waals surface area (Å²) in [5.41, 5.74) is 4.13. The van der Waals surface area contributed by atoms with Gasteiger partial charge < -0.3 is 0 Å². The number of aromatic nitrogens is 2. The molecule has 0 bridgehead atoms. The second kappa shape index (κ2) is 5.50. The first-order valence-corrected chi connectivity index (χ1v) is 5.34. The molecule has 1 aromatic heterocycles. The largest absolute Gasteiger partial charge is 0.389 e. The molecular formula is C10H17F3N4. The maximum Gasteiger partial charge on any atom is 0.389 e. The Bertz CT molecular complexity index is 359. The lowest BCUT2D eigenvalue weighted by Crippen LogP contribution is -2.38. The van der Waals surface area contributed by atoms with Crippen LogP contribution in [0.1, 0.15) is 24.2 Å². The Balaban J connectivity index is 2.55. The average molecular weight is 250 g/mol. The molecule has 0 aromatic carbocycles. The molecule has 98 valence electrons. The zero-order valence-corrected chi connectivity index (χ0v) is 9.88. The van der Waals surface area contributed by atoms with Crippen molar-refractivity contribution in [1.82, 2.24) is 15.2 Å². The van der Waals surface area contributed by atoms with Gasteiger partial charge in [-0.25, -0.2) is 0 Å². The zero-order valence-electron chi connectivity index (χ0n) is 9.88. The van der Waals surface area contributed by atoms with Crippen molar-refractivity contribution in [3.05, 3.63) is 17.5 Å². The number of nitrogens with two attached hydrogens (primary N) is 1. The van der Waals surface area contributed by atoms with Crippen molar-refractivity contribution in [3.63, 3.8) is 0 Å². The van der Waals surface area contributed by atoms with Crippen molar-refractivity contribution in [2.24, 2.45) is 12.9 Å². The number of rotatable bonds is 5. The van der Waals surface area contributed by atoms with Crippen LogP contribution in [0.5, 0.6) is 0 Å². The summed E-state index contributed by atoms with van der Waals surface area (Å²) in [7, 11) is 1.76. The Labute approximate surface area is 97.9 Å². The van der Waals surface area contributed by atoms with Crippen LogP contribution >= 0.6 is 0 Å². The molecular weight excluding hydrogens is 233 g/mol. The quantitative estimate of drug-likeness (QED) is 0.614. The van der Waals surface area contributed by atoms with Gasteiger partial charge in [-0.2, -0.15) is 18.3 Å². The van der Waals surface area contributed by atoms with Gasteiger partial charge >= 0.3 is 6.18 Å². The van der Waals surface area contributed by atoms with E-state index < -0.39 is 18.6 Å². The number of halogens is 3. The number of aryl methyl sites for hydroxylation is 2. The van der Waals surface area contributed by atoms with E-state index in [1.807, 2.05) is 13.0 Å². The predicted octanol–water partition coefficient (Wildman–Crippen LogP) is 1.45. The fraction of sp³-hybridized carbons (Fsp3) is 0.700. The van der Waals surface area contributed by atoms with Crippen LogP contribution in [0, 0.1) is 6.92 Å². The SMILES string of the molecule is Cc1cc(CC(CCC(F)(F)F)NN)n(C)n1. The summed E-state index contributed by atoms with van der Waals surface area (Å²) in [5, 5.41) is 4.13. The van der Waals surface area contributed by atoms with E-state index in [4.69, 9.17) is 5.84 Å². The van der Waals surface area contributed by atoms with Crippen LogP contribution in [-0.2, 0) is 13.5 Å². The van der Waals surface area contributed by atoms with Crippen LogP contribution in [0.2, 0.25) is 0 Å². The van der Waals surface area contributed by atoms with Crippen LogP contribution in [0.15, 0.2) is 6.07 Å². The highest BCUT2D eigenvalue weighted by Crippen LogP contribution is 2.23. The first-order valence-electron chi connectivity index (χ1n) is 5.34. The van der Waals surface area contributed by atoms with Crippen molar-refractivity contribution < 1.29 is 13.2 Å². The van der Waals surface area contributed by atoms with Gasteiger partial charge in [0.2, 0.25) is 0 Å². The summed E-state index contributed by atoms with van der Waals surface area (Å²) in [6.07, 6.45) is -4.58. The molecule has 1 atom stereocenters. The van der Waals surface area contributed by atoms with E-state index in [1.165, 1.54) is 0 Å². The molecule has 0 saturated carbocycles. The monoisotopic (exact) mass is 250 g/mol. The summed E-state index contributed by atoms with van der Waals surface area (Å²) in [6.45, 7) is 1.84. The molecule has 4 nitrogen and oxygen atoms in total. The molecule has 7 heteroatoms. The summed E-state index contributed by atoms with van der Waals surface area (Å²) < 4.78 is 37.9. The third-order valence-corrected chi connectivity index (χ3v) is 2.57. The van der Waals surface area contributed by atoms with E-state index in [9.17, 15) is 13.2 Å². The van der Waals surface area contributed by atoms with E-state index in [0.29, 0.717) is 6.42 Å². The molecule has 1 aromatic rings. The van der Waals surface area contributed by atoms with Crippen molar-refractivity contribution >= 4 is 0 Å². The van der Waals surface area contributed by atoms with Crippen molar-refractivity contribution in [2.75, 3.05) is 0 Å². The van der Waals surface area contributed by atoms with E-state index in [2.05, 4.69) is 10.5 Å². The Hall–Kier alpha value is -1.08. The van der Waals surface area contributed by atoms with Gasteiger partial charge in [0.25, 0.3) is 0 Å². The molecule has 1 rings (SSSR count). The second-order valence-electron chi connectivity index (χ2n) is 4.12. The topological polar surface area (TPSA) is 55.9 Å². The minimum atomic E-state index is -4.14. The molecule has 3 N–H and O–H groups in total. The molecule has 0 fully saturated rings. The Morgan fingerprint density at radius 3 is 2.59 bits per heavy atom. The molecule has 17 heavy (non-hydrogen) atoms. The average Bonchev–Trinajstić information content (AvgIpc) is 2.50. The van der Waals surface area contributed by atoms with Gasteiger partial charge in [0, 0.05) is 31.6 Å². The lowest BCUT2D eigenvalue weighted by Gasteiger charge is -2.16. The number of hydrazine groups is 1. The van der Waals surface area contributed by atoms with Gasteiger partial charge in [-0.15, -0.1) is 0 Å². The van der Waals surface area contributed by atoms with Crippen LogP contribution in [0.25, 0.3) is 0 Å². The standard InChI is InChI=1S/C10H17F3N4/c1-7-5-9(17(2)16-7)6-8(15-14)3-4-10(11,12)13/h5,8,15H,3-4,6,14H2,1-2H3. The van der Waals surface area contributed by atoms with Crippen LogP contribution in [-0.4, -0.2) is 22.0 Å². The maximum atomic E-state index is 12.1. The van der Waals surface area contributed by atoms with E-state index in [0.717, 1.165) is 11.4 Å². The lowest BCUT2D eigenvalue weighted by molar-refractivity contribution is -0.136. The molecule has 0 aliphatic heterocycles. The van der Waals surface area contributed by atoms with Gasteiger partial charge in [-0.05, 0) is 19.4 Å². The zero-order chi connectivity index (χ0) is 13.1. The van der Waals surface area contributed by atoms with E-state index in [1.54, 1.807) is 11.7 Å². The third-order valence-electron chi connectivity index (χ3n) is 2.57. The number of nitrogens with zero attached hydrogens (tertiary/aromatic N) is 2. The molecule has 0 spiro atoms. The van der Waals surface area contributed by atoms with Crippen LogP contribution in [0.3, 0.4) is 0 Å².